The van der Waals surface area contributed by atoms with Crippen LogP contribution in [-0.2, 0) is 6.54 Å². The topological polar surface area (TPSA) is 74.8 Å². The van der Waals surface area contributed by atoms with Crippen molar-refractivity contribution < 1.29 is 18.7 Å². The molecular weight excluding hydrogens is 503 g/mol. The van der Waals surface area contributed by atoms with E-state index in [0.29, 0.717) is 56.3 Å². The van der Waals surface area contributed by atoms with E-state index < -0.39 is 0 Å². The Bertz CT molecular complexity index is 1230. The number of nitrogens with one attached hydrogen (secondary N) is 1. The minimum atomic E-state index is -0.244. The lowest BCUT2D eigenvalue weighted by Gasteiger charge is -2.42. The second-order valence-corrected chi connectivity index (χ2v) is 10.9. The SMILES string of the molecule is O=C1NCCN(Cc2ccc(F)cc2)CCCC2(CCN(C(=O)c3cscn3)CC2)COc2ccccc21. The first kappa shape index (κ1) is 26.3. The largest absolute Gasteiger partial charge is 0.492 e. The standard InChI is InChI=1S/C29H33FN4O3S/c30-23-8-6-22(7-9-23)18-33-14-3-10-29(11-15-34(16-12-29)28(36)25-19-38-21-32-25)20-37-26-5-2-1-4-24(26)27(35)31-13-17-33/h1-2,4-9,19,21H,3,10-18,20H2,(H,31,35). The molecule has 1 fully saturated rings. The molecule has 5 rings (SSSR count). The number of rotatable bonds is 3. The molecule has 2 aliphatic rings. The number of carbonyl (C=O) groups excluding carboxylic acids is 2. The molecule has 0 bridgehead atoms. The second-order valence-electron chi connectivity index (χ2n) is 10.2. The Morgan fingerprint density at radius 2 is 1.84 bits per heavy atom. The molecule has 1 spiro atoms. The van der Waals surface area contributed by atoms with Gasteiger partial charge in [-0.05, 0) is 62.1 Å². The van der Waals surface area contributed by atoms with E-state index in [1.54, 1.807) is 17.0 Å². The number of ether oxygens (including phenoxy) is 1. The number of fused-ring (bicyclic) bond motifs is 1. The van der Waals surface area contributed by atoms with E-state index in [0.717, 1.165) is 37.8 Å². The van der Waals surface area contributed by atoms with E-state index >= 15 is 0 Å². The van der Waals surface area contributed by atoms with Gasteiger partial charge in [0, 0.05) is 43.5 Å². The maximum Gasteiger partial charge on any atom is 0.273 e. The Kier molecular flexibility index (Phi) is 8.34. The fraction of sp³-hybridized carbons (Fsp3) is 0.414. The third-order valence-electron chi connectivity index (χ3n) is 7.64. The summed E-state index contributed by atoms with van der Waals surface area (Å²) in [6.07, 6.45) is 3.57. The van der Waals surface area contributed by atoms with E-state index in [2.05, 4.69) is 15.2 Å². The first-order chi connectivity index (χ1) is 18.5. The zero-order valence-electron chi connectivity index (χ0n) is 21.4. The Morgan fingerprint density at radius 3 is 2.61 bits per heavy atom. The first-order valence-electron chi connectivity index (χ1n) is 13.2. The van der Waals surface area contributed by atoms with E-state index in [4.69, 9.17) is 4.74 Å². The highest BCUT2D eigenvalue weighted by Crippen LogP contribution is 2.38. The molecule has 7 nitrogen and oxygen atoms in total. The van der Waals surface area contributed by atoms with Crippen LogP contribution in [0.1, 0.15) is 52.1 Å². The number of thiazole rings is 1. The predicted molar refractivity (Wildman–Crippen MR) is 145 cm³/mol. The Hall–Kier alpha value is -3.30. The van der Waals surface area contributed by atoms with Crippen LogP contribution in [0.25, 0.3) is 0 Å². The van der Waals surface area contributed by atoms with Crippen molar-refractivity contribution >= 4 is 23.2 Å². The molecule has 9 heteroatoms. The van der Waals surface area contributed by atoms with Crippen LogP contribution in [0, 0.1) is 11.2 Å². The van der Waals surface area contributed by atoms with Crippen molar-refractivity contribution in [1.82, 2.24) is 20.1 Å². The quantitative estimate of drug-likeness (QED) is 0.529. The summed E-state index contributed by atoms with van der Waals surface area (Å²) in [5, 5.41) is 4.83. The van der Waals surface area contributed by atoms with Crippen LogP contribution in [0.15, 0.2) is 59.4 Å². The van der Waals surface area contributed by atoms with Crippen molar-refractivity contribution in [2.75, 3.05) is 39.3 Å². The van der Waals surface area contributed by atoms with Gasteiger partial charge in [0.05, 0.1) is 17.7 Å². The number of benzene rings is 2. The Morgan fingerprint density at radius 1 is 1.05 bits per heavy atom. The molecule has 3 aromatic rings. The van der Waals surface area contributed by atoms with Gasteiger partial charge in [-0.3, -0.25) is 14.5 Å². The summed E-state index contributed by atoms with van der Waals surface area (Å²) < 4.78 is 19.8. The lowest BCUT2D eigenvalue weighted by Crippen LogP contribution is -2.46. The third kappa shape index (κ3) is 6.39. The summed E-state index contributed by atoms with van der Waals surface area (Å²) in [6.45, 7) is 4.54. The molecule has 0 atom stereocenters. The molecular formula is C29H33FN4O3S. The van der Waals surface area contributed by atoms with Crippen molar-refractivity contribution in [1.29, 1.82) is 0 Å². The van der Waals surface area contributed by atoms with Crippen molar-refractivity contribution in [2.45, 2.75) is 32.2 Å². The summed E-state index contributed by atoms with van der Waals surface area (Å²) in [5.41, 5.74) is 3.67. The Balaban J connectivity index is 1.33. The fourth-order valence-electron chi connectivity index (χ4n) is 5.36. The zero-order chi connectivity index (χ0) is 26.4. The fourth-order valence-corrected chi connectivity index (χ4v) is 5.89. The smallest absolute Gasteiger partial charge is 0.273 e. The molecule has 0 radical (unpaired) electrons. The minimum absolute atomic E-state index is 0.0147. The molecule has 38 heavy (non-hydrogen) atoms. The molecule has 2 amide bonds. The van der Waals surface area contributed by atoms with Crippen LogP contribution in [0.5, 0.6) is 5.75 Å². The monoisotopic (exact) mass is 536 g/mol. The van der Waals surface area contributed by atoms with E-state index in [-0.39, 0.29) is 23.0 Å². The number of nitrogens with zero attached hydrogens (tertiary/aromatic N) is 3. The maximum absolute atomic E-state index is 13.4. The summed E-state index contributed by atoms with van der Waals surface area (Å²) in [5.74, 6) is 0.178. The van der Waals surface area contributed by atoms with Gasteiger partial charge in [0.25, 0.3) is 11.8 Å². The highest BCUT2D eigenvalue weighted by Gasteiger charge is 2.37. The summed E-state index contributed by atoms with van der Waals surface area (Å²) >= 11 is 1.43. The molecule has 0 saturated carbocycles. The number of likely N-dealkylation sites (tertiary alicyclic amines) is 1. The predicted octanol–water partition coefficient (Wildman–Crippen LogP) is 4.61. The molecule has 2 aliphatic heterocycles. The van der Waals surface area contributed by atoms with Gasteiger partial charge in [0.15, 0.2) is 0 Å². The highest BCUT2D eigenvalue weighted by atomic mass is 32.1. The number of carbonyl (C=O) groups is 2. The maximum atomic E-state index is 13.4. The summed E-state index contributed by atoms with van der Waals surface area (Å²) in [4.78, 5) is 34.3. The van der Waals surface area contributed by atoms with Crippen LogP contribution < -0.4 is 10.1 Å². The molecule has 200 valence electrons. The van der Waals surface area contributed by atoms with Crippen LogP contribution in [0.3, 0.4) is 0 Å². The second kappa shape index (κ2) is 12.0. The van der Waals surface area contributed by atoms with E-state index in [1.807, 2.05) is 35.2 Å². The van der Waals surface area contributed by atoms with Gasteiger partial charge >= 0.3 is 0 Å². The molecule has 1 N–H and O–H groups in total. The van der Waals surface area contributed by atoms with Crippen molar-refractivity contribution in [3.63, 3.8) is 0 Å². The zero-order valence-corrected chi connectivity index (χ0v) is 22.2. The van der Waals surface area contributed by atoms with E-state index in [9.17, 15) is 14.0 Å². The van der Waals surface area contributed by atoms with Gasteiger partial charge in [-0.2, -0.15) is 0 Å². The molecule has 1 saturated heterocycles. The van der Waals surface area contributed by atoms with Crippen LogP contribution in [0.4, 0.5) is 4.39 Å². The van der Waals surface area contributed by atoms with Gasteiger partial charge in [0.2, 0.25) is 0 Å². The van der Waals surface area contributed by atoms with Gasteiger partial charge in [-0.1, -0.05) is 24.3 Å². The van der Waals surface area contributed by atoms with Crippen LogP contribution >= 0.6 is 11.3 Å². The Labute approximate surface area is 226 Å². The number of halogens is 1. The molecule has 0 unspecified atom stereocenters. The first-order valence-corrected chi connectivity index (χ1v) is 14.1. The van der Waals surface area contributed by atoms with Gasteiger partial charge in [-0.25, -0.2) is 9.37 Å². The van der Waals surface area contributed by atoms with Crippen LogP contribution in [0.2, 0.25) is 0 Å². The molecule has 0 aliphatic carbocycles. The lowest BCUT2D eigenvalue weighted by atomic mass is 9.75. The molecule has 1 aromatic heterocycles. The number of para-hydroxylation sites is 1. The minimum Gasteiger partial charge on any atom is -0.492 e. The summed E-state index contributed by atoms with van der Waals surface area (Å²) in [7, 11) is 0. The molecule has 3 heterocycles. The number of hydrogen-bond acceptors (Lipinski definition) is 6. The van der Waals surface area contributed by atoms with E-state index in [1.165, 1.54) is 23.5 Å². The highest BCUT2D eigenvalue weighted by molar-refractivity contribution is 7.07. The average Bonchev–Trinajstić information content (AvgIpc) is 3.48. The van der Waals surface area contributed by atoms with Crippen molar-refractivity contribution in [2.24, 2.45) is 5.41 Å². The number of piperidine rings is 1. The number of aromatic nitrogens is 1. The average molecular weight is 537 g/mol. The number of hydrogen-bond donors (Lipinski definition) is 1. The number of amides is 2. The lowest BCUT2D eigenvalue weighted by molar-refractivity contribution is 0.0346. The van der Waals surface area contributed by atoms with Crippen LogP contribution in [-0.4, -0.2) is 65.9 Å². The van der Waals surface area contributed by atoms with Gasteiger partial charge < -0.3 is 15.0 Å². The van der Waals surface area contributed by atoms with Gasteiger partial charge in [0.1, 0.15) is 17.3 Å². The summed E-state index contributed by atoms with van der Waals surface area (Å²) in [6, 6.07) is 14.0. The third-order valence-corrected chi connectivity index (χ3v) is 8.23. The molecule has 2 aromatic carbocycles. The van der Waals surface area contributed by atoms with Crippen molar-refractivity contribution in [3.8, 4) is 5.75 Å². The van der Waals surface area contributed by atoms with Gasteiger partial charge in [-0.15, -0.1) is 11.3 Å². The normalized spacial score (nSPS) is 18.9. The van der Waals surface area contributed by atoms with Crippen molar-refractivity contribution in [3.05, 3.63) is 82.1 Å².